The van der Waals surface area contributed by atoms with E-state index in [0.717, 1.165) is 50.1 Å². The minimum absolute atomic E-state index is 0. The highest BCUT2D eigenvalue weighted by Crippen LogP contribution is 2.07. The Labute approximate surface area is 524 Å². The van der Waals surface area contributed by atoms with Crippen molar-refractivity contribution >= 4 is 67.0 Å². The zero-order valence-corrected chi connectivity index (χ0v) is 58.7. The molecule has 22 N–H and O–H groups in total. The van der Waals surface area contributed by atoms with Crippen molar-refractivity contribution in [3.8, 4) is 0 Å². The molecule has 0 atom stereocenters. The number of piperidine rings is 1. The molecule has 0 bridgehead atoms. The first kappa shape index (κ1) is 148. The third-order valence-corrected chi connectivity index (χ3v) is 8.00. The maximum atomic E-state index is 10.7. The molecule has 1 aliphatic rings. The van der Waals surface area contributed by atoms with Gasteiger partial charge < -0.3 is 106 Å². The molecule has 0 saturated carbocycles. The quantitative estimate of drug-likeness (QED) is 0.110. The summed E-state index contributed by atoms with van der Waals surface area (Å²) in [6.45, 7) is 51.5. The Hall–Kier alpha value is -6.24. The lowest BCUT2D eigenvalue weighted by Gasteiger charge is -2.24. The van der Waals surface area contributed by atoms with E-state index < -0.39 is 0 Å². The average Bonchev–Trinajstić information content (AvgIpc) is 3.59. The van der Waals surface area contributed by atoms with Crippen LogP contribution in [-0.4, -0.2) is 138 Å². The predicted octanol–water partition coefficient (Wildman–Crippen LogP) is 10.6. The minimum Gasteiger partial charge on any atom is -0.394 e. The maximum Gasteiger partial charge on any atom is 0.219 e. The van der Waals surface area contributed by atoms with Crippen molar-refractivity contribution in [2.45, 2.75) is 168 Å². The normalized spacial score (nSPS) is 7.65. The van der Waals surface area contributed by atoms with Crippen molar-refractivity contribution in [3.63, 3.8) is 0 Å². The third-order valence-electron chi connectivity index (χ3n) is 8.00. The van der Waals surface area contributed by atoms with E-state index >= 15 is 0 Å². The SMILES string of the molecule is C=O.C=O.C=O.C=O.C=O.C=O.C=O.C=O.C=O.CC(=O)N1CCCCC1.CC(C)O.CCC(C)C.CCC(C)C.CCC(C)C.CCc1ccccc1.CCc1ccccc1.CCc1ccccc1.CN.CN.CN.CN.CN.CN.N.N.N. The van der Waals surface area contributed by atoms with E-state index in [1.807, 2.05) is 84.2 Å². The van der Waals surface area contributed by atoms with Gasteiger partial charge in [0.15, 0.2) is 0 Å². The van der Waals surface area contributed by atoms with Crippen LogP contribution in [0.15, 0.2) is 91.0 Å². The highest BCUT2D eigenvalue weighted by atomic mass is 16.3. The average molecular weight is 1230 g/mol. The van der Waals surface area contributed by atoms with E-state index in [-0.39, 0.29) is 30.5 Å². The molecule has 1 heterocycles. The van der Waals surface area contributed by atoms with Crippen LogP contribution in [0.4, 0.5) is 0 Å². The summed E-state index contributed by atoms with van der Waals surface area (Å²) in [5.41, 5.74) is 31.2. The van der Waals surface area contributed by atoms with Crippen LogP contribution in [0.1, 0.15) is 159 Å². The Morgan fingerprint density at radius 3 is 0.565 bits per heavy atom. The monoisotopic (exact) mass is 1230 g/mol. The van der Waals surface area contributed by atoms with Crippen molar-refractivity contribution in [1.29, 1.82) is 0 Å². The lowest BCUT2D eigenvalue weighted by Crippen LogP contribution is -2.33. The van der Waals surface area contributed by atoms with Gasteiger partial charge in [0.2, 0.25) is 5.91 Å². The number of aryl methyl sites for hydroxylation is 3. The van der Waals surface area contributed by atoms with Gasteiger partial charge in [-0.25, -0.2) is 0 Å². The van der Waals surface area contributed by atoms with Crippen LogP contribution in [0.5, 0.6) is 0 Å². The van der Waals surface area contributed by atoms with Gasteiger partial charge in [-0.1, -0.05) is 193 Å². The smallest absolute Gasteiger partial charge is 0.219 e. The summed E-state index contributed by atoms with van der Waals surface area (Å²) in [6.07, 6.45) is 10.9. The lowest BCUT2D eigenvalue weighted by atomic mass is 10.1. The number of aliphatic hydroxyl groups excluding tert-OH is 1. The number of carbonyl (C=O) groups excluding carboxylic acids is 10. The number of benzene rings is 3. The Balaban J connectivity index is -0.0000000251. The van der Waals surface area contributed by atoms with Crippen molar-refractivity contribution < 1.29 is 53.1 Å². The van der Waals surface area contributed by atoms with E-state index in [9.17, 15) is 4.79 Å². The van der Waals surface area contributed by atoms with Gasteiger partial charge in [0.05, 0.1) is 0 Å². The van der Waals surface area contributed by atoms with Crippen molar-refractivity contribution in [2.24, 2.45) is 52.2 Å². The first-order valence-electron chi connectivity index (χ1n) is 26.8. The number of hydrogen-bond donors (Lipinski definition) is 10. The number of rotatable bonds is 6. The molecule has 0 spiro atoms. The standard InChI is InChI=1S/3C8H10.C7H13NO.3C5H12.C3H8O.6CH5N.9CH2O.3H3N/c3*1-2-8-6-4-3-5-7-8;1-7(9)8-5-3-2-4-6-8;3*1-4-5(2)3;1-3(2)4;15*1-2;;;/h3*3-7H,2H2,1H3;2-6H2,1H3;3*5H,4H2,1-3H3;3-4H,1-2H3;6*2H2,1H3;9*1H2;3*1H3. The van der Waals surface area contributed by atoms with Crippen molar-refractivity contribution in [3.05, 3.63) is 108 Å². The molecule has 0 aromatic heterocycles. The third kappa shape index (κ3) is 256. The van der Waals surface area contributed by atoms with Crippen molar-refractivity contribution in [1.82, 2.24) is 23.4 Å². The number of aliphatic hydroxyl groups is 1. The molecule has 0 radical (unpaired) electrons. The van der Waals surface area contributed by atoms with Crippen LogP contribution < -0.4 is 52.9 Å². The van der Waals surface area contributed by atoms with Crippen LogP contribution in [-0.2, 0) is 67.2 Å². The van der Waals surface area contributed by atoms with Crippen molar-refractivity contribution in [2.75, 3.05) is 55.4 Å². The topological polar surface area (TPSA) is 455 Å². The molecule has 1 aliphatic heterocycles. The van der Waals surface area contributed by atoms with Gasteiger partial charge in [-0.15, -0.1) is 0 Å². The number of nitrogens with two attached hydrogens (primary N) is 6. The first-order chi connectivity index (χ1) is 39.6. The molecule has 3 aromatic carbocycles. The molecule has 0 aliphatic carbocycles. The van der Waals surface area contributed by atoms with Gasteiger partial charge in [0, 0.05) is 26.1 Å². The second-order valence-electron chi connectivity index (χ2n) is 14.6. The second kappa shape index (κ2) is 210. The summed E-state index contributed by atoms with van der Waals surface area (Å²) < 4.78 is 0. The highest BCUT2D eigenvalue weighted by Gasteiger charge is 2.11. The number of carbonyl (C=O) groups is 10. The van der Waals surface area contributed by atoms with Gasteiger partial charge in [0.1, 0.15) is 61.1 Å². The number of nitrogens with zero attached hydrogens (tertiary/aromatic N) is 1. The Bertz CT molecular complexity index is 1130. The Morgan fingerprint density at radius 1 is 0.365 bits per heavy atom. The fourth-order valence-corrected chi connectivity index (χ4v) is 3.35. The van der Waals surface area contributed by atoms with Crippen LogP contribution in [0, 0.1) is 17.8 Å². The molecule has 1 fully saturated rings. The molecule has 1 amide bonds. The van der Waals surface area contributed by atoms with Crippen LogP contribution in [0.3, 0.4) is 0 Å². The first-order valence-corrected chi connectivity index (χ1v) is 26.8. The molecule has 85 heavy (non-hydrogen) atoms. The summed E-state index contributed by atoms with van der Waals surface area (Å²) in [6, 6.07) is 31.4. The minimum atomic E-state index is -0.167. The summed E-state index contributed by atoms with van der Waals surface area (Å²) in [7, 11) is 9.00. The van der Waals surface area contributed by atoms with Gasteiger partial charge in [-0.3, -0.25) is 4.79 Å². The summed E-state index contributed by atoms with van der Waals surface area (Å²) in [4.78, 5) is 84.6. The molecule has 21 nitrogen and oxygen atoms in total. The van der Waals surface area contributed by atoms with Gasteiger partial charge in [-0.05, 0) is 129 Å². The number of likely N-dealkylation sites (tertiary alicyclic amines) is 1. The van der Waals surface area contributed by atoms with Crippen LogP contribution in [0.25, 0.3) is 0 Å². The van der Waals surface area contributed by atoms with Gasteiger partial charge in [0.25, 0.3) is 0 Å². The molecule has 21 heteroatoms. The summed E-state index contributed by atoms with van der Waals surface area (Å²) in [5, 5.41) is 8.06. The van der Waals surface area contributed by atoms with E-state index in [2.05, 4.69) is 190 Å². The molecule has 516 valence electrons. The molecular weight excluding hydrogens is 1080 g/mol. The summed E-state index contributed by atoms with van der Waals surface area (Å²) >= 11 is 0. The van der Waals surface area contributed by atoms with E-state index in [1.165, 1.54) is 97.5 Å². The molecule has 1 saturated heterocycles. The highest BCUT2D eigenvalue weighted by molar-refractivity contribution is 5.73. The predicted molar refractivity (Wildman–Crippen MR) is 376 cm³/mol. The van der Waals surface area contributed by atoms with Gasteiger partial charge in [-0.2, -0.15) is 0 Å². The zero-order chi connectivity index (χ0) is 70.6. The zero-order valence-electron chi connectivity index (χ0n) is 58.7. The number of hydrogen-bond acceptors (Lipinski definition) is 20. The Morgan fingerprint density at radius 2 is 0.494 bits per heavy atom. The number of amides is 1. The molecular formula is C64H144N10O11. The second-order valence-corrected chi connectivity index (χ2v) is 14.6. The van der Waals surface area contributed by atoms with Gasteiger partial charge >= 0.3 is 0 Å². The van der Waals surface area contributed by atoms with E-state index in [0.29, 0.717) is 0 Å². The molecule has 3 aromatic rings. The molecule has 0 unspecified atom stereocenters. The fourth-order valence-electron chi connectivity index (χ4n) is 3.35. The Kier molecular flexibility index (Phi) is 364. The summed E-state index contributed by atoms with van der Waals surface area (Å²) in [5.74, 6) is 2.88. The maximum absolute atomic E-state index is 10.7. The fraction of sp³-hybridized carbons (Fsp3) is 0.562. The van der Waals surface area contributed by atoms with Crippen LogP contribution in [0.2, 0.25) is 0 Å². The largest absolute Gasteiger partial charge is 0.394 e. The van der Waals surface area contributed by atoms with E-state index in [4.69, 9.17) is 48.3 Å². The molecule has 4 rings (SSSR count). The van der Waals surface area contributed by atoms with Crippen LogP contribution >= 0.6 is 0 Å². The van der Waals surface area contributed by atoms with E-state index in [1.54, 1.807) is 20.8 Å². The lowest BCUT2D eigenvalue weighted by molar-refractivity contribution is -0.129.